The number of hydrogen-bond donors (Lipinski definition) is 1. The van der Waals surface area contributed by atoms with Gasteiger partial charge in [-0.3, -0.25) is 4.98 Å². The Hall–Kier alpha value is -2.03. The summed E-state index contributed by atoms with van der Waals surface area (Å²) in [5.41, 5.74) is 7.50. The molecule has 0 aliphatic carbocycles. The van der Waals surface area contributed by atoms with Gasteiger partial charge in [-0.25, -0.2) is 0 Å². The molecule has 2 N–H and O–H groups in total. The van der Waals surface area contributed by atoms with E-state index in [1.165, 1.54) is 5.56 Å². The van der Waals surface area contributed by atoms with E-state index in [-0.39, 0.29) is 0 Å². The minimum atomic E-state index is 0.600. The number of pyridine rings is 1. The van der Waals surface area contributed by atoms with Crippen LogP contribution in [0.25, 0.3) is 0 Å². The average Bonchev–Trinajstić information content (AvgIpc) is 2.30. The first-order chi connectivity index (χ1) is 7.78. The van der Waals surface area contributed by atoms with E-state index >= 15 is 0 Å². The average molecular weight is 214 g/mol. The quantitative estimate of drug-likeness (QED) is 0.854. The number of rotatable bonds is 3. The topological polar surface area (TPSA) is 48.1 Å². The molecule has 0 atom stereocenters. The fourth-order valence-corrected chi connectivity index (χ4v) is 1.42. The highest BCUT2D eigenvalue weighted by atomic mass is 16.5. The van der Waals surface area contributed by atoms with E-state index in [0.29, 0.717) is 11.4 Å². The normalized spacial score (nSPS) is 10.1. The highest BCUT2D eigenvalue weighted by Crippen LogP contribution is 2.22. The molecule has 3 heteroatoms. The number of anilines is 1. The maximum absolute atomic E-state index is 5.62. The van der Waals surface area contributed by atoms with Crippen molar-refractivity contribution in [2.75, 3.05) is 5.73 Å². The summed E-state index contributed by atoms with van der Waals surface area (Å²) < 4.78 is 5.62. The van der Waals surface area contributed by atoms with Gasteiger partial charge in [-0.1, -0.05) is 19.1 Å². The maximum atomic E-state index is 5.62. The molecule has 1 aromatic carbocycles. The monoisotopic (exact) mass is 214 g/mol. The van der Waals surface area contributed by atoms with Gasteiger partial charge in [-0.05, 0) is 24.1 Å². The third kappa shape index (κ3) is 2.51. The number of benzene rings is 1. The molecule has 0 amide bonds. The van der Waals surface area contributed by atoms with Gasteiger partial charge in [-0.15, -0.1) is 0 Å². The van der Waals surface area contributed by atoms with E-state index in [1.54, 1.807) is 18.5 Å². The fourth-order valence-electron chi connectivity index (χ4n) is 1.42. The molecule has 0 fully saturated rings. The lowest BCUT2D eigenvalue weighted by Crippen LogP contribution is -1.89. The van der Waals surface area contributed by atoms with Crippen LogP contribution in [-0.2, 0) is 6.42 Å². The molecule has 0 radical (unpaired) electrons. The Morgan fingerprint density at radius 2 is 1.88 bits per heavy atom. The van der Waals surface area contributed by atoms with Crippen molar-refractivity contribution in [1.82, 2.24) is 4.98 Å². The van der Waals surface area contributed by atoms with Crippen LogP contribution >= 0.6 is 0 Å². The second kappa shape index (κ2) is 4.66. The molecule has 16 heavy (non-hydrogen) atoms. The van der Waals surface area contributed by atoms with Gasteiger partial charge >= 0.3 is 0 Å². The van der Waals surface area contributed by atoms with Crippen LogP contribution in [0.2, 0.25) is 0 Å². The summed E-state index contributed by atoms with van der Waals surface area (Å²) in [6, 6.07) is 9.74. The number of aryl methyl sites for hydroxylation is 1. The third-order valence-electron chi connectivity index (χ3n) is 2.30. The van der Waals surface area contributed by atoms with Gasteiger partial charge in [0.2, 0.25) is 0 Å². The van der Waals surface area contributed by atoms with Gasteiger partial charge in [0.15, 0.2) is 0 Å². The lowest BCUT2D eigenvalue weighted by atomic mass is 10.2. The molecule has 0 unspecified atom stereocenters. The third-order valence-corrected chi connectivity index (χ3v) is 2.30. The summed E-state index contributed by atoms with van der Waals surface area (Å²) in [6.07, 6.45) is 4.26. The van der Waals surface area contributed by atoms with Crippen LogP contribution in [0.1, 0.15) is 12.5 Å². The number of aromatic nitrogens is 1. The molecule has 1 aromatic heterocycles. The molecule has 2 aromatic rings. The summed E-state index contributed by atoms with van der Waals surface area (Å²) >= 11 is 0. The van der Waals surface area contributed by atoms with Gasteiger partial charge in [0.1, 0.15) is 11.5 Å². The first-order valence-electron chi connectivity index (χ1n) is 5.25. The van der Waals surface area contributed by atoms with E-state index in [0.717, 1.165) is 12.2 Å². The van der Waals surface area contributed by atoms with Crippen molar-refractivity contribution < 1.29 is 4.74 Å². The Kier molecular flexibility index (Phi) is 3.05. The highest BCUT2D eigenvalue weighted by molar-refractivity contribution is 5.42. The van der Waals surface area contributed by atoms with Crippen LogP contribution in [0.15, 0.2) is 42.7 Å². The van der Waals surface area contributed by atoms with E-state index in [2.05, 4.69) is 24.0 Å². The Bertz CT molecular complexity index is 466. The minimum Gasteiger partial charge on any atom is -0.456 e. The van der Waals surface area contributed by atoms with Gasteiger partial charge < -0.3 is 10.5 Å². The Balaban J connectivity index is 2.14. The number of nitrogens with zero attached hydrogens (tertiary/aromatic N) is 1. The molecule has 3 nitrogen and oxygen atoms in total. The molecule has 0 saturated heterocycles. The van der Waals surface area contributed by atoms with Crippen molar-refractivity contribution in [2.45, 2.75) is 13.3 Å². The zero-order valence-corrected chi connectivity index (χ0v) is 9.18. The largest absolute Gasteiger partial charge is 0.456 e. The summed E-state index contributed by atoms with van der Waals surface area (Å²) in [5, 5.41) is 0. The second-order valence-electron chi connectivity index (χ2n) is 3.55. The predicted octanol–water partition coefficient (Wildman–Crippen LogP) is 3.02. The van der Waals surface area contributed by atoms with Gasteiger partial charge in [0.05, 0.1) is 18.1 Å². The number of hydrogen-bond acceptors (Lipinski definition) is 3. The van der Waals surface area contributed by atoms with Gasteiger partial charge in [-0.2, -0.15) is 0 Å². The lowest BCUT2D eigenvalue weighted by Gasteiger charge is -2.06. The molecule has 0 aliphatic rings. The predicted molar refractivity (Wildman–Crippen MR) is 64.5 cm³/mol. The molecular weight excluding hydrogens is 200 g/mol. The number of ether oxygens (including phenoxy) is 1. The van der Waals surface area contributed by atoms with Crippen molar-refractivity contribution in [3.63, 3.8) is 0 Å². The Morgan fingerprint density at radius 3 is 2.50 bits per heavy atom. The number of nitrogens with two attached hydrogens (primary N) is 1. The van der Waals surface area contributed by atoms with E-state index < -0.39 is 0 Å². The second-order valence-corrected chi connectivity index (χ2v) is 3.55. The van der Waals surface area contributed by atoms with Gasteiger partial charge in [0, 0.05) is 6.07 Å². The van der Waals surface area contributed by atoms with Crippen LogP contribution < -0.4 is 10.5 Å². The van der Waals surface area contributed by atoms with Crippen molar-refractivity contribution >= 4 is 5.69 Å². The van der Waals surface area contributed by atoms with Crippen LogP contribution in [0, 0.1) is 0 Å². The molecule has 1 heterocycles. The Labute approximate surface area is 94.9 Å². The highest BCUT2D eigenvalue weighted by Gasteiger charge is 1.98. The fraction of sp³-hybridized carbons (Fsp3) is 0.154. The number of nitrogen functional groups attached to an aromatic ring is 1. The SMILES string of the molecule is CCc1ccc(Oc2cncc(N)c2)cc1. The van der Waals surface area contributed by atoms with Crippen molar-refractivity contribution in [3.8, 4) is 11.5 Å². The van der Waals surface area contributed by atoms with Crippen molar-refractivity contribution in [3.05, 3.63) is 48.3 Å². The van der Waals surface area contributed by atoms with Crippen LogP contribution in [0.5, 0.6) is 11.5 Å². The first kappa shape index (κ1) is 10.5. The van der Waals surface area contributed by atoms with Crippen LogP contribution in [0.3, 0.4) is 0 Å². The lowest BCUT2D eigenvalue weighted by molar-refractivity contribution is 0.480. The summed E-state index contributed by atoms with van der Waals surface area (Å²) in [6.45, 7) is 2.12. The van der Waals surface area contributed by atoms with E-state index in [1.807, 2.05) is 12.1 Å². The zero-order valence-electron chi connectivity index (χ0n) is 9.18. The molecule has 0 saturated carbocycles. The molecule has 0 spiro atoms. The molecule has 2 rings (SSSR count). The molecule has 82 valence electrons. The van der Waals surface area contributed by atoms with Crippen LogP contribution in [-0.4, -0.2) is 4.98 Å². The standard InChI is InChI=1S/C13H14N2O/c1-2-10-3-5-12(6-4-10)16-13-7-11(14)8-15-9-13/h3-9H,2,14H2,1H3. The Morgan fingerprint density at radius 1 is 1.12 bits per heavy atom. The van der Waals surface area contributed by atoms with E-state index in [4.69, 9.17) is 10.5 Å². The summed E-state index contributed by atoms with van der Waals surface area (Å²) in [4.78, 5) is 3.96. The van der Waals surface area contributed by atoms with Crippen LogP contribution in [0.4, 0.5) is 5.69 Å². The minimum absolute atomic E-state index is 0.600. The summed E-state index contributed by atoms with van der Waals surface area (Å²) in [7, 11) is 0. The maximum Gasteiger partial charge on any atom is 0.147 e. The molecule has 0 bridgehead atoms. The zero-order chi connectivity index (χ0) is 11.4. The molecular formula is C13H14N2O. The summed E-state index contributed by atoms with van der Waals surface area (Å²) in [5.74, 6) is 1.45. The van der Waals surface area contributed by atoms with Gasteiger partial charge in [0.25, 0.3) is 0 Å². The molecule has 0 aliphatic heterocycles. The van der Waals surface area contributed by atoms with Crippen molar-refractivity contribution in [1.29, 1.82) is 0 Å². The first-order valence-corrected chi connectivity index (χ1v) is 5.25. The van der Waals surface area contributed by atoms with Crippen molar-refractivity contribution in [2.24, 2.45) is 0 Å². The smallest absolute Gasteiger partial charge is 0.147 e. The van der Waals surface area contributed by atoms with E-state index in [9.17, 15) is 0 Å².